The quantitative estimate of drug-likeness (QED) is 0.828. The van der Waals surface area contributed by atoms with Crippen LogP contribution in [0.15, 0.2) is 24.3 Å². The van der Waals surface area contributed by atoms with Gasteiger partial charge in [0.05, 0.1) is 5.69 Å². The first-order valence-corrected chi connectivity index (χ1v) is 6.97. The van der Waals surface area contributed by atoms with Crippen molar-refractivity contribution in [1.29, 1.82) is 0 Å². The number of aromatic nitrogens is 2. The van der Waals surface area contributed by atoms with Crippen LogP contribution in [0.3, 0.4) is 0 Å². The van der Waals surface area contributed by atoms with Gasteiger partial charge in [-0.2, -0.15) is 0 Å². The van der Waals surface area contributed by atoms with Crippen molar-refractivity contribution in [3.8, 4) is 0 Å². The van der Waals surface area contributed by atoms with Crippen LogP contribution in [-0.4, -0.2) is 22.1 Å². The Hall–Kier alpha value is -2.64. The van der Waals surface area contributed by atoms with Gasteiger partial charge in [-0.15, -0.1) is 10.2 Å². The molecule has 0 radical (unpaired) electrons. The topological polar surface area (TPSA) is 66.9 Å². The SMILES string of the molecule is CCC(C)Nc1ccc(C(=O)Nc2ccc(F)c(F)c2F)nn1. The molecule has 0 aliphatic carbocycles. The molecule has 0 aliphatic rings. The maximum Gasteiger partial charge on any atom is 0.276 e. The summed E-state index contributed by atoms with van der Waals surface area (Å²) >= 11 is 0. The monoisotopic (exact) mass is 324 g/mol. The van der Waals surface area contributed by atoms with Gasteiger partial charge >= 0.3 is 0 Å². The molecule has 23 heavy (non-hydrogen) atoms. The highest BCUT2D eigenvalue weighted by Crippen LogP contribution is 2.20. The van der Waals surface area contributed by atoms with Gasteiger partial charge in [0.2, 0.25) is 0 Å². The fourth-order valence-corrected chi connectivity index (χ4v) is 1.69. The van der Waals surface area contributed by atoms with Crippen LogP contribution < -0.4 is 10.6 Å². The number of nitrogens with zero attached hydrogens (tertiary/aromatic N) is 2. The molecule has 2 N–H and O–H groups in total. The van der Waals surface area contributed by atoms with Gasteiger partial charge in [0.1, 0.15) is 5.82 Å². The summed E-state index contributed by atoms with van der Waals surface area (Å²) in [5.74, 6) is -4.74. The van der Waals surface area contributed by atoms with E-state index in [2.05, 4.69) is 20.8 Å². The molecule has 5 nitrogen and oxygen atoms in total. The third kappa shape index (κ3) is 3.97. The van der Waals surface area contributed by atoms with E-state index in [1.807, 2.05) is 13.8 Å². The highest BCUT2D eigenvalue weighted by atomic mass is 19.2. The summed E-state index contributed by atoms with van der Waals surface area (Å²) in [6, 6.07) is 4.79. The fraction of sp³-hybridized carbons (Fsp3) is 0.267. The molecular formula is C15H15F3N4O. The van der Waals surface area contributed by atoms with Crippen LogP contribution in [0, 0.1) is 17.5 Å². The Morgan fingerprint density at radius 1 is 1.13 bits per heavy atom. The summed E-state index contributed by atoms with van der Waals surface area (Å²) in [4.78, 5) is 11.9. The first-order valence-electron chi connectivity index (χ1n) is 6.97. The molecule has 122 valence electrons. The minimum Gasteiger partial charge on any atom is -0.366 e. The average Bonchev–Trinajstić information content (AvgIpc) is 2.55. The summed E-state index contributed by atoms with van der Waals surface area (Å²) in [7, 11) is 0. The van der Waals surface area contributed by atoms with Crippen LogP contribution in [0.2, 0.25) is 0 Å². The van der Waals surface area contributed by atoms with E-state index in [1.165, 1.54) is 6.07 Å². The molecule has 0 saturated carbocycles. The molecule has 1 unspecified atom stereocenters. The van der Waals surface area contributed by atoms with Crippen LogP contribution in [0.1, 0.15) is 30.8 Å². The Morgan fingerprint density at radius 3 is 2.48 bits per heavy atom. The molecule has 1 heterocycles. The number of amides is 1. The normalized spacial score (nSPS) is 11.9. The van der Waals surface area contributed by atoms with Gasteiger partial charge in [-0.25, -0.2) is 13.2 Å². The Labute approximate surface area is 130 Å². The number of carbonyl (C=O) groups is 1. The van der Waals surface area contributed by atoms with E-state index in [0.717, 1.165) is 18.6 Å². The van der Waals surface area contributed by atoms with Crippen molar-refractivity contribution in [2.75, 3.05) is 10.6 Å². The van der Waals surface area contributed by atoms with Gasteiger partial charge in [0, 0.05) is 6.04 Å². The zero-order valence-corrected chi connectivity index (χ0v) is 12.5. The van der Waals surface area contributed by atoms with Crippen LogP contribution in [-0.2, 0) is 0 Å². The lowest BCUT2D eigenvalue weighted by atomic mass is 10.2. The average molecular weight is 324 g/mol. The lowest BCUT2D eigenvalue weighted by Gasteiger charge is -2.11. The molecule has 0 aliphatic heterocycles. The van der Waals surface area contributed by atoms with Crippen molar-refractivity contribution in [2.45, 2.75) is 26.3 Å². The highest BCUT2D eigenvalue weighted by molar-refractivity contribution is 6.02. The van der Waals surface area contributed by atoms with E-state index in [4.69, 9.17) is 0 Å². The van der Waals surface area contributed by atoms with Crippen molar-refractivity contribution in [3.05, 3.63) is 47.4 Å². The number of rotatable bonds is 5. The number of halogens is 3. The Kier molecular flexibility index (Phi) is 5.15. The molecule has 2 rings (SSSR count). The maximum atomic E-state index is 13.5. The molecule has 0 spiro atoms. The number of hydrogen-bond acceptors (Lipinski definition) is 4. The minimum absolute atomic E-state index is 0.0798. The highest BCUT2D eigenvalue weighted by Gasteiger charge is 2.17. The molecule has 0 saturated heterocycles. The van der Waals surface area contributed by atoms with Crippen LogP contribution in [0.25, 0.3) is 0 Å². The van der Waals surface area contributed by atoms with E-state index < -0.39 is 29.0 Å². The molecule has 0 bridgehead atoms. The molecular weight excluding hydrogens is 309 g/mol. The molecule has 1 aromatic heterocycles. The molecule has 1 amide bonds. The number of nitrogens with one attached hydrogen (secondary N) is 2. The predicted octanol–water partition coefficient (Wildman–Crippen LogP) is 3.36. The van der Waals surface area contributed by atoms with Crippen LogP contribution in [0.5, 0.6) is 0 Å². The largest absolute Gasteiger partial charge is 0.366 e. The number of benzene rings is 1. The first kappa shape index (κ1) is 16.7. The van der Waals surface area contributed by atoms with E-state index in [-0.39, 0.29) is 11.7 Å². The van der Waals surface area contributed by atoms with E-state index in [9.17, 15) is 18.0 Å². The number of anilines is 2. The minimum atomic E-state index is -1.65. The smallest absolute Gasteiger partial charge is 0.276 e. The van der Waals surface area contributed by atoms with E-state index >= 15 is 0 Å². The van der Waals surface area contributed by atoms with Crippen molar-refractivity contribution in [1.82, 2.24) is 10.2 Å². The number of carbonyl (C=O) groups excluding carboxylic acids is 1. The van der Waals surface area contributed by atoms with Gasteiger partial charge in [0.25, 0.3) is 5.91 Å². The Bertz CT molecular complexity index is 707. The lowest BCUT2D eigenvalue weighted by Crippen LogP contribution is -2.18. The van der Waals surface area contributed by atoms with Crippen molar-refractivity contribution < 1.29 is 18.0 Å². The van der Waals surface area contributed by atoms with Gasteiger partial charge in [-0.1, -0.05) is 6.92 Å². The third-order valence-electron chi connectivity index (χ3n) is 3.19. The van der Waals surface area contributed by atoms with Gasteiger partial charge in [-0.05, 0) is 37.6 Å². The molecule has 1 aromatic carbocycles. The van der Waals surface area contributed by atoms with Crippen molar-refractivity contribution in [2.24, 2.45) is 0 Å². The van der Waals surface area contributed by atoms with E-state index in [1.54, 1.807) is 6.07 Å². The third-order valence-corrected chi connectivity index (χ3v) is 3.19. The summed E-state index contributed by atoms with van der Waals surface area (Å²) in [6.45, 7) is 3.97. The molecule has 2 aromatic rings. The van der Waals surface area contributed by atoms with Crippen LogP contribution >= 0.6 is 0 Å². The summed E-state index contributed by atoms with van der Waals surface area (Å²) in [5.41, 5.74) is -0.554. The lowest BCUT2D eigenvalue weighted by molar-refractivity contribution is 0.102. The first-order chi connectivity index (χ1) is 10.9. The molecule has 8 heteroatoms. The summed E-state index contributed by atoms with van der Waals surface area (Å²) < 4.78 is 39.5. The Morgan fingerprint density at radius 2 is 1.87 bits per heavy atom. The molecule has 0 fully saturated rings. The van der Waals surface area contributed by atoms with Crippen LogP contribution in [0.4, 0.5) is 24.7 Å². The standard InChI is InChI=1S/C15H15F3N4O/c1-3-8(2)19-12-7-6-11(21-22-12)15(23)20-10-5-4-9(16)13(17)14(10)18/h4-8H,3H2,1-2H3,(H,19,22)(H,20,23). The second kappa shape index (κ2) is 7.08. The maximum absolute atomic E-state index is 13.5. The van der Waals surface area contributed by atoms with Gasteiger partial charge in [-0.3, -0.25) is 4.79 Å². The zero-order chi connectivity index (χ0) is 17.0. The molecule has 1 atom stereocenters. The summed E-state index contributed by atoms with van der Waals surface area (Å²) in [6.07, 6.45) is 0.888. The van der Waals surface area contributed by atoms with Gasteiger partial charge < -0.3 is 10.6 Å². The van der Waals surface area contributed by atoms with Gasteiger partial charge in [0.15, 0.2) is 23.1 Å². The van der Waals surface area contributed by atoms with Crippen molar-refractivity contribution in [3.63, 3.8) is 0 Å². The van der Waals surface area contributed by atoms with E-state index in [0.29, 0.717) is 5.82 Å². The number of hydrogen-bond donors (Lipinski definition) is 2. The fourth-order valence-electron chi connectivity index (χ4n) is 1.69. The second-order valence-electron chi connectivity index (χ2n) is 4.93. The Balaban J connectivity index is 2.11. The predicted molar refractivity (Wildman–Crippen MR) is 79.7 cm³/mol. The summed E-state index contributed by atoms with van der Waals surface area (Å²) in [5, 5.41) is 12.7. The van der Waals surface area contributed by atoms with Crippen molar-refractivity contribution >= 4 is 17.4 Å². The zero-order valence-electron chi connectivity index (χ0n) is 12.5. The second-order valence-corrected chi connectivity index (χ2v) is 4.93.